The molecule has 0 spiro atoms. The molecule has 5 heteroatoms. The van der Waals surface area contributed by atoms with Gasteiger partial charge in [-0.3, -0.25) is 4.98 Å². The molecular weight excluding hydrogens is 276 g/mol. The summed E-state index contributed by atoms with van der Waals surface area (Å²) < 4.78 is 5.75. The van der Waals surface area contributed by atoms with Gasteiger partial charge in [-0.15, -0.1) is 0 Å². The molecule has 0 fully saturated rings. The summed E-state index contributed by atoms with van der Waals surface area (Å²) in [6, 6.07) is 11.9. The van der Waals surface area contributed by atoms with Gasteiger partial charge in [0, 0.05) is 35.1 Å². The number of benzene rings is 1. The van der Waals surface area contributed by atoms with Crippen LogP contribution in [-0.2, 0) is 0 Å². The number of H-pyrrole nitrogens is 1. The van der Waals surface area contributed by atoms with Crippen LogP contribution in [0.3, 0.4) is 0 Å². The summed E-state index contributed by atoms with van der Waals surface area (Å²) in [5.41, 5.74) is 9.22. The molecule has 0 radical (unpaired) electrons. The minimum absolute atomic E-state index is 0.151. The van der Waals surface area contributed by atoms with E-state index in [1.807, 2.05) is 36.5 Å². The predicted octanol–water partition coefficient (Wildman–Crippen LogP) is 2.78. The van der Waals surface area contributed by atoms with Crippen LogP contribution in [0.25, 0.3) is 10.9 Å². The highest BCUT2D eigenvalue weighted by Gasteiger charge is 2.31. The van der Waals surface area contributed by atoms with E-state index in [-0.39, 0.29) is 11.8 Å². The summed E-state index contributed by atoms with van der Waals surface area (Å²) in [7, 11) is 0. The van der Waals surface area contributed by atoms with Gasteiger partial charge in [-0.1, -0.05) is 12.1 Å². The minimum Gasteiger partial charge on any atom is -0.439 e. The fourth-order valence-corrected chi connectivity index (χ4v) is 2.94. The lowest BCUT2D eigenvalue weighted by Gasteiger charge is -2.26. The van der Waals surface area contributed by atoms with Crippen LogP contribution < -0.4 is 10.5 Å². The van der Waals surface area contributed by atoms with E-state index in [9.17, 15) is 5.26 Å². The second-order valence-corrected chi connectivity index (χ2v) is 5.13. The molecule has 1 aromatic carbocycles. The molecule has 106 valence electrons. The third-order valence-electron chi connectivity index (χ3n) is 3.93. The molecule has 0 saturated carbocycles. The van der Waals surface area contributed by atoms with Gasteiger partial charge in [0.15, 0.2) is 0 Å². The monoisotopic (exact) mass is 288 g/mol. The average molecular weight is 288 g/mol. The van der Waals surface area contributed by atoms with Gasteiger partial charge in [0.25, 0.3) is 0 Å². The summed E-state index contributed by atoms with van der Waals surface area (Å²) in [6.07, 6.45) is 5.32. The normalized spacial score (nSPS) is 17.0. The van der Waals surface area contributed by atoms with Crippen molar-refractivity contribution >= 4 is 10.9 Å². The van der Waals surface area contributed by atoms with Crippen LogP contribution in [0.2, 0.25) is 0 Å². The van der Waals surface area contributed by atoms with Crippen LogP contribution in [0, 0.1) is 11.3 Å². The molecule has 1 aliphatic heterocycles. The van der Waals surface area contributed by atoms with Crippen LogP contribution in [0.15, 0.2) is 60.4 Å². The van der Waals surface area contributed by atoms with Gasteiger partial charge in [0.2, 0.25) is 5.88 Å². The van der Waals surface area contributed by atoms with Crippen molar-refractivity contribution in [2.75, 3.05) is 0 Å². The predicted molar refractivity (Wildman–Crippen MR) is 81.8 cm³/mol. The number of allylic oxidation sites excluding steroid dienone is 1. The van der Waals surface area contributed by atoms with Crippen molar-refractivity contribution in [1.29, 1.82) is 5.26 Å². The Morgan fingerprint density at radius 1 is 1.27 bits per heavy atom. The van der Waals surface area contributed by atoms with E-state index in [2.05, 4.69) is 16.0 Å². The smallest absolute Gasteiger partial charge is 0.205 e. The van der Waals surface area contributed by atoms with Crippen molar-refractivity contribution < 1.29 is 4.74 Å². The van der Waals surface area contributed by atoms with Crippen LogP contribution in [-0.4, -0.2) is 9.97 Å². The van der Waals surface area contributed by atoms with E-state index >= 15 is 0 Å². The topological polar surface area (TPSA) is 87.7 Å². The Balaban J connectivity index is 2.02. The van der Waals surface area contributed by atoms with Crippen LogP contribution in [0.5, 0.6) is 5.75 Å². The van der Waals surface area contributed by atoms with Gasteiger partial charge < -0.3 is 15.5 Å². The third kappa shape index (κ3) is 1.68. The molecule has 0 unspecified atom stereocenters. The Morgan fingerprint density at radius 3 is 2.95 bits per heavy atom. The van der Waals surface area contributed by atoms with Crippen LogP contribution in [0.1, 0.15) is 17.0 Å². The molecule has 0 amide bonds. The van der Waals surface area contributed by atoms with Crippen LogP contribution in [0.4, 0.5) is 0 Å². The van der Waals surface area contributed by atoms with Crippen LogP contribution >= 0.6 is 0 Å². The van der Waals surface area contributed by atoms with Crippen molar-refractivity contribution in [3.63, 3.8) is 0 Å². The highest BCUT2D eigenvalue weighted by Crippen LogP contribution is 2.44. The SMILES string of the molecule is N#CC1=C(N)Oc2c(ccc3[nH]ccc23)[C@H]1c1cccnc1. The lowest BCUT2D eigenvalue weighted by molar-refractivity contribution is 0.398. The van der Waals surface area contributed by atoms with Crippen molar-refractivity contribution in [1.82, 2.24) is 9.97 Å². The Hall–Kier alpha value is -3.26. The maximum atomic E-state index is 9.50. The fraction of sp³-hybridized carbons (Fsp3) is 0.0588. The third-order valence-corrected chi connectivity index (χ3v) is 3.93. The van der Waals surface area contributed by atoms with E-state index in [1.165, 1.54) is 0 Å². The zero-order valence-electron chi connectivity index (χ0n) is 11.6. The highest BCUT2D eigenvalue weighted by molar-refractivity contribution is 5.88. The first-order valence-electron chi connectivity index (χ1n) is 6.87. The molecule has 1 aliphatic rings. The van der Waals surface area contributed by atoms with E-state index in [0.29, 0.717) is 11.3 Å². The van der Waals surface area contributed by atoms with E-state index in [0.717, 1.165) is 22.0 Å². The molecule has 0 saturated heterocycles. The molecule has 1 atom stereocenters. The van der Waals surface area contributed by atoms with Crippen molar-refractivity contribution in [2.45, 2.75) is 5.92 Å². The summed E-state index contributed by atoms with van der Waals surface area (Å²) >= 11 is 0. The molecule has 4 rings (SSSR count). The molecule has 0 aliphatic carbocycles. The Labute approximate surface area is 126 Å². The standard InChI is InChI=1S/C17H12N4O/c18-8-13-15(10-2-1-6-20-9-10)12-3-4-14-11(5-7-21-14)16(12)22-17(13)19/h1-7,9,15,21H,19H2/t15-/m1/s1. The Kier molecular flexibility index (Phi) is 2.63. The number of aromatic nitrogens is 2. The first-order valence-corrected chi connectivity index (χ1v) is 6.87. The maximum absolute atomic E-state index is 9.50. The summed E-state index contributed by atoms with van der Waals surface area (Å²) in [6.45, 7) is 0. The molecule has 22 heavy (non-hydrogen) atoms. The fourth-order valence-electron chi connectivity index (χ4n) is 2.94. The molecule has 3 aromatic rings. The largest absolute Gasteiger partial charge is 0.439 e. The van der Waals surface area contributed by atoms with Gasteiger partial charge in [0.05, 0.1) is 5.92 Å². The molecule has 3 N–H and O–H groups in total. The zero-order valence-corrected chi connectivity index (χ0v) is 11.6. The van der Waals surface area contributed by atoms with E-state index < -0.39 is 0 Å². The first-order chi connectivity index (χ1) is 10.8. The number of ether oxygens (including phenoxy) is 1. The number of nitriles is 1. The van der Waals surface area contributed by atoms with Crippen molar-refractivity contribution in [3.05, 3.63) is 71.5 Å². The quantitative estimate of drug-likeness (QED) is 0.720. The Bertz CT molecular complexity index is 934. The number of hydrogen-bond donors (Lipinski definition) is 2. The van der Waals surface area contributed by atoms with Gasteiger partial charge in [-0.25, -0.2) is 0 Å². The number of fused-ring (bicyclic) bond motifs is 3. The van der Waals surface area contributed by atoms with E-state index in [4.69, 9.17) is 10.5 Å². The van der Waals surface area contributed by atoms with Gasteiger partial charge in [-0.2, -0.15) is 5.26 Å². The second kappa shape index (κ2) is 4.64. The number of rotatable bonds is 1. The van der Waals surface area contributed by atoms with Crippen molar-refractivity contribution in [2.24, 2.45) is 5.73 Å². The number of nitrogens with zero attached hydrogens (tertiary/aromatic N) is 2. The number of aromatic amines is 1. The van der Waals surface area contributed by atoms with Gasteiger partial charge >= 0.3 is 0 Å². The average Bonchev–Trinajstić information content (AvgIpc) is 3.03. The van der Waals surface area contributed by atoms with Gasteiger partial charge in [0.1, 0.15) is 17.4 Å². The molecule has 3 heterocycles. The summed E-state index contributed by atoms with van der Waals surface area (Å²) in [4.78, 5) is 7.31. The molecule has 0 bridgehead atoms. The Morgan fingerprint density at radius 2 is 2.18 bits per heavy atom. The lowest BCUT2D eigenvalue weighted by Crippen LogP contribution is -2.21. The molecule has 2 aromatic heterocycles. The number of nitrogens with two attached hydrogens (primary N) is 1. The number of nitrogens with one attached hydrogen (secondary N) is 1. The second-order valence-electron chi connectivity index (χ2n) is 5.13. The number of pyridine rings is 1. The maximum Gasteiger partial charge on any atom is 0.205 e. The summed E-state index contributed by atoms with van der Waals surface area (Å²) in [5.74, 6) is 0.586. The summed E-state index contributed by atoms with van der Waals surface area (Å²) in [5, 5.41) is 10.4. The zero-order chi connectivity index (χ0) is 15.1. The molecule has 5 nitrogen and oxygen atoms in total. The minimum atomic E-state index is -0.262. The van der Waals surface area contributed by atoms with Gasteiger partial charge in [-0.05, 0) is 23.8 Å². The molecular formula is C17H12N4O. The number of hydrogen-bond acceptors (Lipinski definition) is 4. The highest BCUT2D eigenvalue weighted by atomic mass is 16.5. The van der Waals surface area contributed by atoms with E-state index in [1.54, 1.807) is 12.4 Å². The van der Waals surface area contributed by atoms with Crippen molar-refractivity contribution in [3.8, 4) is 11.8 Å². The lowest BCUT2D eigenvalue weighted by atomic mass is 9.84. The first kappa shape index (κ1) is 12.5.